The van der Waals surface area contributed by atoms with Crippen LogP contribution >= 0.6 is 11.3 Å². The number of nitrogens with zero attached hydrogens (tertiary/aromatic N) is 3. The normalized spacial score (nSPS) is 17.2. The van der Waals surface area contributed by atoms with Gasteiger partial charge in [0.2, 0.25) is 11.8 Å². The molecule has 2 fully saturated rings. The minimum atomic E-state index is -4.64. The molecule has 0 radical (unpaired) electrons. The first kappa shape index (κ1) is 28.7. The lowest BCUT2D eigenvalue weighted by Gasteiger charge is -2.58. The number of hydrogen-bond donors (Lipinski definition) is 2. The fraction of sp³-hybridized carbons (Fsp3) is 0.267. The van der Waals surface area contributed by atoms with E-state index in [0.29, 0.717) is 21.6 Å². The number of benzene rings is 1. The number of nitrogens with two attached hydrogens (primary N) is 1. The Bertz CT molecular complexity index is 1730. The number of nitrogen functional groups attached to an aromatic ring is 1. The summed E-state index contributed by atoms with van der Waals surface area (Å²) in [6.07, 6.45) is 0.550. The Morgan fingerprint density at radius 3 is 2.44 bits per heavy atom. The predicted octanol–water partition coefficient (Wildman–Crippen LogP) is 6.16. The number of alkyl halides is 5. The number of anilines is 1. The van der Waals surface area contributed by atoms with Crippen molar-refractivity contribution < 1.29 is 31.5 Å². The molecule has 0 unspecified atom stereocenters. The maximum atomic E-state index is 14.1. The van der Waals surface area contributed by atoms with Crippen LogP contribution in [0.5, 0.6) is 0 Å². The third-order valence-corrected chi connectivity index (χ3v) is 8.74. The lowest BCUT2D eigenvalue weighted by atomic mass is 9.61. The molecule has 6 rings (SSSR count). The van der Waals surface area contributed by atoms with E-state index in [4.69, 9.17) is 5.73 Å². The Morgan fingerprint density at radius 2 is 1.81 bits per heavy atom. The van der Waals surface area contributed by atoms with Crippen molar-refractivity contribution in [3.63, 3.8) is 0 Å². The number of hydrogen-bond acceptors (Lipinski definition) is 6. The molecule has 0 atom stereocenters. The monoisotopic (exact) mass is 613 g/mol. The van der Waals surface area contributed by atoms with Gasteiger partial charge in [-0.2, -0.15) is 13.2 Å². The van der Waals surface area contributed by atoms with Gasteiger partial charge in [0.05, 0.1) is 23.4 Å². The second kappa shape index (κ2) is 10.4. The molecule has 1 aliphatic carbocycles. The van der Waals surface area contributed by atoms with E-state index in [-0.39, 0.29) is 59.9 Å². The fourth-order valence-corrected chi connectivity index (χ4v) is 6.73. The summed E-state index contributed by atoms with van der Waals surface area (Å²) in [6.45, 7) is 0.539. The summed E-state index contributed by atoms with van der Waals surface area (Å²) < 4.78 is 68.8. The van der Waals surface area contributed by atoms with Crippen LogP contribution in [0.2, 0.25) is 0 Å². The minimum absolute atomic E-state index is 0.0274. The third kappa shape index (κ3) is 5.94. The lowest BCUT2D eigenvalue weighted by Crippen LogP contribution is -2.66. The van der Waals surface area contributed by atoms with Crippen molar-refractivity contribution in [1.29, 1.82) is 0 Å². The smallest absolute Gasteiger partial charge is 0.384 e. The number of pyridine rings is 2. The average Bonchev–Trinajstić information content (AvgIpc) is 3.34. The summed E-state index contributed by atoms with van der Waals surface area (Å²) in [5.74, 6) is -3.10. The Labute approximate surface area is 246 Å². The number of halogens is 5. The summed E-state index contributed by atoms with van der Waals surface area (Å²) >= 11 is 0.937. The molecule has 1 aromatic carbocycles. The number of aromatic nitrogens is 2. The summed E-state index contributed by atoms with van der Waals surface area (Å²) in [6, 6.07) is 10.4. The van der Waals surface area contributed by atoms with E-state index in [1.807, 2.05) is 0 Å². The van der Waals surface area contributed by atoms with Crippen molar-refractivity contribution in [3.8, 4) is 11.3 Å². The van der Waals surface area contributed by atoms with Gasteiger partial charge >= 0.3 is 6.18 Å². The van der Waals surface area contributed by atoms with Crippen LogP contribution in [0.3, 0.4) is 0 Å². The second-order valence-electron chi connectivity index (χ2n) is 11.0. The molecule has 1 saturated carbocycles. The maximum Gasteiger partial charge on any atom is 0.417 e. The van der Waals surface area contributed by atoms with Gasteiger partial charge < -0.3 is 16.0 Å². The molecule has 3 aromatic heterocycles. The molecule has 1 aliphatic heterocycles. The van der Waals surface area contributed by atoms with Crippen LogP contribution in [0.25, 0.3) is 27.4 Å². The Hall–Kier alpha value is -4.39. The molecule has 0 bridgehead atoms. The van der Waals surface area contributed by atoms with Crippen molar-refractivity contribution >= 4 is 45.1 Å². The van der Waals surface area contributed by atoms with Gasteiger partial charge in [-0.05, 0) is 59.5 Å². The molecule has 2 amide bonds. The van der Waals surface area contributed by atoms with Gasteiger partial charge in [0.1, 0.15) is 5.82 Å². The van der Waals surface area contributed by atoms with Gasteiger partial charge in [0.15, 0.2) is 0 Å². The van der Waals surface area contributed by atoms with Gasteiger partial charge in [-0.3, -0.25) is 14.6 Å². The van der Waals surface area contributed by atoms with E-state index in [2.05, 4.69) is 15.3 Å². The molecule has 2 aliphatic rings. The van der Waals surface area contributed by atoms with E-state index < -0.39 is 29.0 Å². The number of carbonyl (C=O) groups excluding carboxylic acids is 2. The summed E-state index contributed by atoms with van der Waals surface area (Å²) in [5, 5.41) is 3.01. The molecule has 4 aromatic rings. The second-order valence-corrected chi connectivity index (χ2v) is 12.2. The van der Waals surface area contributed by atoms with Crippen LogP contribution in [0.1, 0.15) is 39.2 Å². The largest absolute Gasteiger partial charge is 0.417 e. The average molecular weight is 614 g/mol. The highest BCUT2D eigenvalue weighted by Gasteiger charge is 2.62. The van der Waals surface area contributed by atoms with Gasteiger partial charge in [0, 0.05) is 65.0 Å². The molecule has 13 heteroatoms. The highest BCUT2D eigenvalue weighted by Crippen LogP contribution is 2.56. The van der Waals surface area contributed by atoms with Crippen LogP contribution in [-0.2, 0) is 17.5 Å². The first-order valence-electron chi connectivity index (χ1n) is 13.2. The van der Waals surface area contributed by atoms with E-state index >= 15 is 0 Å². The maximum absolute atomic E-state index is 14.1. The molecule has 3 N–H and O–H groups in total. The third-order valence-electron chi connectivity index (χ3n) is 7.56. The van der Waals surface area contributed by atoms with E-state index in [1.165, 1.54) is 35.5 Å². The Morgan fingerprint density at radius 1 is 1.05 bits per heavy atom. The zero-order valence-corrected chi connectivity index (χ0v) is 23.2. The molecular formula is C30H24F5N5O2S. The molecule has 1 saturated heterocycles. The topological polar surface area (TPSA) is 101 Å². The first-order valence-corrected chi connectivity index (χ1v) is 14.1. The zero-order valence-electron chi connectivity index (χ0n) is 22.4. The molecule has 43 heavy (non-hydrogen) atoms. The molecular weight excluding hydrogens is 589 g/mol. The van der Waals surface area contributed by atoms with E-state index in [1.54, 1.807) is 30.3 Å². The minimum Gasteiger partial charge on any atom is -0.384 e. The highest BCUT2D eigenvalue weighted by atomic mass is 32.1. The number of fused-ring (bicyclic) bond motifs is 1. The van der Waals surface area contributed by atoms with Crippen molar-refractivity contribution in [3.05, 3.63) is 82.5 Å². The summed E-state index contributed by atoms with van der Waals surface area (Å²) in [4.78, 5) is 35.2. The summed E-state index contributed by atoms with van der Waals surface area (Å²) in [5.41, 5.74) is 5.55. The first-order chi connectivity index (χ1) is 20.3. The van der Waals surface area contributed by atoms with Crippen LogP contribution < -0.4 is 11.1 Å². The van der Waals surface area contributed by atoms with Crippen molar-refractivity contribution in [2.45, 2.75) is 31.5 Å². The van der Waals surface area contributed by atoms with E-state index in [0.717, 1.165) is 17.4 Å². The molecule has 1 spiro atoms. The quantitative estimate of drug-likeness (QED) is 0.200. The zero-order chi connectivity index (χ0) is 30.6. The predicted molar refractivity (Wildman–Crippen MR) is 152 cm³/mol. The summed E-state index contributed by atoms with van der Waals surface area (Å²) in [7, 11) is 0. The molecule has 4 heterocycles. The van der Waals surface area contributed by atoms with E-state index in [9.17, 15) is 31.5 Å². The molecule has 7 nitrogen and oxygen atoms in total. The van der Waals surface area contributed by atoms with Crippen molar-refractivity contribution in [1.82, 2.24) is 20.2 Å². The van der Waals surface area contributed by atoms with Gasteiger partial charge in [-0.1, -0.05) is 0 Å². The van der Waals surface area contributed by atoms with Crippen molar-refractivity contribution in [2.75, 3.05) is 18.8 Å². The number of amides is 2. The van der Waals surface area contributed by atoms with Crippen LogP contribution in [0.15, 0.2) is 60.9 Å². The Kier molecular flexibility index (Phi) is 6.95. The molecule has 222 valence electrons. The van der Waals surface area contributed by atoms with Gasteiger partial charge in [0.25, 0.3) is 5.91 Å². The lowest BCUT2D eigenvalue weighted by molar-refractivity contribution is -0.203. The van der Waals surface area contributed by atoms with Gasteiger partial charge in [-0.15, -0.1) is 11.3 Å². The van der Waals surface area contributed by atoms with Crippen LogP contribution in [-0.4, -0.2) is 45.7 Å². The SMILES string of the molecule is Nc1ccc(C=CC(=O)NCc2cc3cc(-c4ccc(C(=O)N5CC6(C5)CC(F)(F)C6)cn4)cc(C(F)(F)F)c3s2)cn1. The standard InChI is InChI=1S/C30H24F5N5O2S/c31-29(32)13-28(14-29)15-40(16-28)27(42)18-3-4-23(37-11-18)19-7-20-8-21(43-26(20)22(9-19)30(33,34)35)12-39-25(41)6-2-17-1-5-24(36)38-10-17/h1-11H,12-16H2,(H2,36,38)(H,39,41). The Balaban J connectivity index is 1.16. The number of likely N-dealkylation sites (tertiary alicyclic amines) is 1. The van der Waals surface area contributed by atoms with Crippen LogP contribution in [0.4, 0.5) is 27.8 Å². The van der Waals surface area contributed by atoms with Crippen molar-refractivity contribution in [2.24, 2.45) is 5.41 Å². The highest BCUT2D eigenvalue weighted by molar-refractivity contribution is 7.19. The van der Waals surface area contributed by atoms with Crippen LogP contribution in [0, 0.1) is 5.41 Å². The number of thiophene rings is 1. The van der Waals surface area contributed by atoms with Gasteiger partial charge in [-0.25, -0.2) is 13.8 Å². The number of rotatable bonds is 6. The number of carbonyl (C=O) groups is 2. The number of nitrogens with one attached hydrogen (secondary N) is 1. The fourth-order valence-electron chi connectivity index (χ4n) is 5.62.